The van der Waals surface area contributed by atoms with Crippen LogP contribution in [0.4, 0.5) is 5.69 Å². The van der Waals surface area contributed by atoms with Crippen molar-refractivity contribution in [1.82, 2.24) is 5.32 Å². The molecule has 1 amide bonds. The number of benzene rings is 3. The van der Waals surface area contributed by atoms with E-state index in [0.717, 1.165) is 16.5 Å². The number of rotatable bonds is 5. The fourth-order valence-corrected chi connectivity index (χ4v) is 4.68. The second-order valence-electron chi connectivity index (χ2n) is 8.65. The lowest BCUT2D eigenvalue weighted by atomic mass is 10.0. The molecular formula is C30H20Cl2N2O4S. The van der Waals surface area contributed by atoms with Crippen LogP contribution in [0.15, 0.2) is 98.6 Å². The van der Waals surface area contributed by atoms with Crippen molar-refractivity contribution in [1.29, 1.82) is 0 Å². The molecule has 2 heterocycles. The van der Waals surface area contributed by atoms with E-state index in [2.05, 4.69) is 10.6 Å². The average molecular weight is 575 g/mol. The number of carbonyl (C=O) groups is 1. The molecule has 0 aliphatic heterocycles. The SMILES string of the molecule is Cc1ccc(-c2cc3ccccc3oc2=O)cc1NC(=S)NC(=O)/C=C/c1ccc(-c2cc(Cl)cc(Cl)c2)o1. The van der Waals surface area contributed by atoms with Gasteiger partial charge in [0.15, 0.2) is 5.11 Å². The van der Waals surface area contributed by atoms with Crippen LogP contribution in [-0.4, -0.2) is 11.0 Å². The van der Waals surface area contributed by atoms with Crippen molar-refractivity contribution in [2.75, 3.05) is 5.32 Å². The molecule has 5 rings (SSSR count). The summed E-state index contributed by atoms with van der Waals surface area (Å²) in [7, 11) is 0. The number of anilines is 1. The maximum absolute atomic E-state index is 12.6. The van der Waals surface area contributed by atoms with Gasteiger partial charge in [-0.05, 0) is 84.9 Å². The zero-order valence-electron chi connectivity index (χ0n) is 20.5. The van der Waals surface area contributed by atoms with Crippen LogP contribution in [0.2, 0.25) is 10.0 Å². The Bertz CT molecular complexity index is 1800. The molecule has 6 nitrogen and oxygen atoms in total. The predicted molar refractivity (Wildman–Crippen MR) is 160 cm³/mol. The third-order valence-corrected chi connectivity index (χ3v) is 6.49. The van der Waals surface area contributed by atoms with E-state index in [1.807, 2.05) is 37.3 Å². The molecule has 194 valence electrons. The van der Waals surface area contributed by atoms with Crippen LogP contribution in [0.1, 0.15) is 11.3 Å². The highest BCUT2D eigenvalue weighted by molar-refractivity contribution is 7.80. The van der Waals surface area contributed by atoms with Gasteiger partial charge in [-0.2, -0.15) is 0 Å². The Morgan fingerprint density at radius 1 is 0.897 bits per heavy atom. The number of aryl methyl sites for hydroxylation is 1. The summed E-state index contributed by atoms with van der Waals surface area (Å²) in [6.07, 6.45) is 2.84. The molecule has 0 spiro atoms. The molecule has 2 aromatic heterocycles. The molecule has 2 N–H and O–H groups in total. The highest BCUT2D eigenvalue weighted by atomic mass is 35.5. The number of carbonyl (C=O) groups excluding carboxylic acids is 1. The summed E-state index contributed by atoms with van der Waals surface area (Å²) in [5.74, 6) is 0.584. The predicted octanol–water partition coefficient (Wildman–Crippen LogP) is 7.86. The number of amides is 1. The van der Waals surface area contributed by atoms with Crippen molar-refractivity contribution in [3.05, 3.63) is 117 Å². The van der Waals surface area contributed by atoms with E-state index in [1.165, 1.54) is 12.2 Å². The molecule has 0 atom stereocenters. The molecule has 39 heavy (non-hydrogen) atoms. The molecule has 9 heteroatoms. The van der Waals surface area contributed by atoms with Crippen molar-refractivity contribution in [3.63, 3.8) is 0 Å². The first-order chi connectivity index (χ1) is 18.7. The Morgan fingerprint density at radius 3 is 2.46 bits per heavy atom. The van der Waals surface area contributed by atoms with Crippen molar-refractivity contribution in [2.24, 2.45) is 0 Å². The van der Waals surface area contributed by atoms with Crippen molar-refractivity contribution >= 4 is 69.2 Å². The van der Waals surface area contributed by atoms with E-state index in [4.69, 9.17) is 44.3 Å². The highest BCUT2D eigenvalue weighted by Gasteiger charge is 2.11. The number of hydrogen-bond donors (Lipinski definition) is 2. The lowest BCUT2D eigenvalue weighted by Crippen LogP contribution is -2.33. The van der Waals surface area contributed by atoms with Gasteiger partial charge in [0.05, 0.1) is 5.56 Å². The van der Waals surface area contributed by atoms with Gasteiger partial charge < -0.3 is 14.2 Å². The van der Waals surface area contributed by atoms with Crippen LogP contribution in [0.3, 0.4) is 0 Å². The molecule has 5 aromatic rings. The number of furan rings is 1. The van der Waals surface area contributed by atoms with Gasteiger partial charge in [0, 0.05) is 32.8 Å². The number of fused-ring (bicyclic) bond motifs is 1. The topological polar surface area (TPSA) is 84.5 Å². The van der Waals surface area contributed by atoms with Gasteiger partial charge in [0.25, 0.3) is 0 Å². The van der Waals surface area contributed by atoms with Crippen LogP contribution in [0.5, 0.6) is 0 Å². The highest BCUT2D eigenvalue weighted by Crippen LogP contribution is 2.29. The lowest BCUT2D eigenvalue weighted by molar-refractivity contribution is -0.115. The van der Waals surface area contributed by atoms with Crippen molar-refractivity contribution in [2.45, 2.75) is 6.92 Å². The van der Waals surface area contributed by atoms with Gasteiger partial charge >= 0.3 is 5.63 Å². The van der Waals surface area contributed by atoms with E-state index in [0.29, 0.717) is 44.0 Å². The van der Waals surface area contributed by atoms with E-state index in [9.17, 15) is 9.59 Å². The van der Waals surface area contributed by atoms with Gasteiger partial charge in [-0.1, -0.05) is 53.5 Å². The average Bonchev–Trinajstić information content (AvgIpc) is 3.37. The van der Waals surface area contributed by atoms with Gasteiger partial charge in [0.2, 0.25) is 5.91 Å². The van der Waals surface area contributed by atoms with Gasteiger partial charge in [-0.25, -0.2) is 4.79 Å². The largest absolute Gasteiger partial charge is 0.457 e. The number of thiocarbonyl (C=S) groups is 1. The second-order valence-corrected chi connectivity index (χ2v) is 9.93. The van der Waals surface area contributed by atoms with Crippen molar-refractivity contribution in [3.8, 4) is 22.5 Å². The minimum Gasteiger partial charge on any atom is -0.457 e. The Morgan fingerprint density at radius 2 is 1.67 bits per heavy atom. The normalized spacial score (nSPS) is 11.2. The van der Waals surface area contributed by atoms with Gasteiger partial charge in [0.1, 0.15) is 17.1 Å². The van der Waals surface area contributed by atoms with E-state index >= 15 is 0 Å². The third-order valence-electron chi connectivity index (χ3n) is 5.85. The first-order valence-electron chi connectivity index (χ1n) is 11.8. The molecule has 0 saturated carbocycles. The summed E-state index contributed by atoms with van der Waals surface area (Å²) in [6.45, 7) is 1.89. The quantitative estimate of drug-likeness (QED) is 0.126. The van der Waals surface area contributed by atoms with Crippen LogP contribution < -0.4 is 16.3 Å². The summed E-state index contributed by atoms with van der Waals surface area (Å²) in [5, 5.41) is 7.54. The minimum atomic E-state index is -0.444. The van der Waals surface area contributed by atoms with E-state index in [1.54, 1.807) is 48.5 Å². The molecule has 3 aromatic carbocycles. The van der Waals surface area contributed by atoms with Crippen LogP contribution in [-0.2, 0) is 4.79 Å². The number of halogens is 2. The van der Waals surface area contributed by atoms with E-state index in [-0.39, 0.29) is 5.11 Å². The zero-order valence-corrected chi connectivity index (χ0v) is 22.8. The first-order valence-corrected chi connectivity index (χ1v) is 12.9. The summed E-state index contributed by atoms with van der Waals surface area (Å²) >= 11 is 17.5. The molecule has 0 radical (unpaired) electrons. The fourth-order valence-electron chi connectivity index (χ4n) is 3.95. The van der Waals surface area contributed by atoms with Gasteiger partial charge in [-0.15, -0.1) is 0 Å². The smallest absolute Gasteiger partial charge is 0.344 e. The Kier molecular flexibility index (Phi) is 7.65. The Hall–Kier alpha value is -4.17. The summed E-state index contributed by atoms with van der Waals surface area (Å²) < 4.78 is 11.2. The molecular weight excluding hydrogens is 555 g/mol. The lowest BCUT2D eigenvalue weighted by Gasteiger charge is -2.12. The maximum Gasteiger partial charge on any atom is 0.344 e. The standard InChI is InChI=1S/C30H20Cl2N2O4S/c1-17-6-7-18(24-14-19-4-2-3-5-26(19)38-29(24)36)15-25(17)33-30(39)34-28(35)11-9-23-8-10-27(37-23)20-12-21(31)16-22(32)13-20/h2-16H,1H3,(H2,33,34,35,39)/b11-9+. The number of hydrogen-bond acceptors (Lipinski definition) is 5. The number of para-hydroxylation sites is 1. The number of nitrogens with one attached hydrogen (secondary N) is 2. The summed E-state index contributed by atoms with van der Waals surface area (Å²) in [5.41, 5.74) is 3.41. The first kappa shape index (κ1) is 26.4. The van der Waals surface area contributed by atoms with Crippen LogP contribution in [0, 0.1) is 6.92 Å². The minimum absolute atomic E-state index is 0.101. The molecule has 0 unspecified atom stereocenters. The molecule has 0 aliphatic carbocycles. The molecule has 0 aliphatic rings. The molecule has 0 saturated heterocycles. The maximum atomic E-state index is 12.6. The molecule has 0 fully saturated rings. The fraction of sp³-hybridized carbons (Fsp3) is 0.0333. The van der Waals surface area contributed by atoms with E-state index < -0.39 is 11.5 Å². The molecule has 0 bridgehead atoms. The van der Waals surface area contributed by atoms with Crippen LogP contribution >= 0.6 is 35.4 Å². The monoisotopic (exact) mass is 574 g/mol. The third kappa shape index (κ3) is 6.29. The van der Waals surface area contributed by atoms with Gasteiger partial charge in [-0.3, -0.25) is 10.1 Å². The van der Waals surface area contributed by atoms with Crippen molar-refractivity contribution < 1.29 is 13.6 Å². The summed E-state index contributed by atoms with van der Waals surface area (Å²) in [6, 6.07) is 23.2. The summed E-state index contributed by atoms with van der Waals surface area (Å²) in [4.78, 5) is 25.1. The zero-order chi connectivity index (χ0) is 27.5. The Labute approximate surface area is 238 Å². The second kappa shape index (κ2) is 11.3. The Balaban J connectivity index is 1.26. The van der Waals surface area contributed by atoms with Crippen LogP contribution in [0.25, 0.3) is 39.5 Å².